The SMILES string of the molecule is c1cnc2c(OC3CCC(Nc4ncnc5cc[nH]c45)CC3)cc(N3CCOCC3)cc2n1. The van der Waals surface area contributed by atoms with Crippen molar-refractivity contribution in [3.05, 3.63) is 43.1 Å². The third-order valence-electron chi connectivity index (χ3n) is 6.55. The van der Waals surface area contributed by atoms with Crippen molar-refractivity contribution in [2.75, 3.05) is 36.5 Å². The zero-order chi connectivity index (χ0) is 22.0. The van der Waals surface area contributed by atoms with Crippen LogP contribution in [-0.2, 0) is 4.74 Å². The van der Waals surface area contributed by atoms with Crippen LogP contribution in [0.3, 0.4) is 0 Å². The van der Waals surface area contributed by atoms with Gasteiger partial charge < -0.3 is 24.7 Å². The Morgan fingerprint density at radius 1 is 0.970 bits per heavy atom. The molecule has 9 nitrogen and oxygen atoms in total. The van der Waals surface area contributed by atoms with E-state index >= 15 is 0 Å². The fourth-order valence-corrected chi connectivity index (χ4v) is 4.80. The molecule has 3 aromatic heterocycles. The number of rotatable bonds is 5. The van der Waals surface area contributed by atoms with Crippen molar-refractivity contribution in [2.24, 2.45) is 0 Å². The number of benzene rings is 1. The maximum absolute atomic E-state index is 6.54. The number of fused-ring (bicyclic) bond motifs is 2. The third kappa shape index (κ3) is 4.16. The van der Waals surface area contributed by atoms with E-state index in [9.17, 15) is 0 Å². The van der Waals surface area contributed by atoms with Gasteiger partial charge in [-0.25, -0.2) is 15.0 Å². The lowest BCUT2D eigenvalue weighted by atomic mass is 9.93. The summed E-state index contributed by atoms with van der Waals surface area (Å²) in [5.74, 6) is 1.69. The first-order valence-electron chi connectivity index (χ1n) is 11.6. The number of hydrogen-bond donors (Lipinski definition) is 2. The molecule has 2 aliphatic rings. The number of aromatic amines is 1. The number of hydrogen-bond acceptors (Lipinski definition) is 8. The molecule has 2 fully saturated rings. The average molecular weight is 446 g/mol. The first-order chi connectivity index (χ1) is 16.3. The van der Waals surface area contributed by atoms with Gasteiger partial charge in [0, 0.05) is 49.5 Å². The van der Waals surface area contributed by atoms with E-state index in [1.165, 1.54) is 0 Å². The van der Waals surface area contributed by atoms with Gasteiger partial charge in [-0.2, -0.15) is 0 Å². The molecule has 1 aliphatic heterocycles. The fraction of sp³-hybridized carbons (Fsp3) is 0.417. The van der Waals surface area contributed by atoms with Gasteiger partial charge >= 0.3 is 0 Å². The number of nitrogens with zero attached hydrogens (tertiary/aromatic N) is 5. The lowest BCUT2D eigenvalue weighted by molar-refractivity contribution is 0.122. The van der Waals surface area contributed by atoms with Crippen molar-refractivity contribution in [1.29, 1.82) is 0 Å². The molecule has 0 bridgehead atoms. The van der Waals surface area contributed by atoms with Crippen molar-refractivity contribution < 1.29 is 9.47 Å². The van der Waals surface area contributed by atoms with Gasteiger partial charge in [0.1, 0.15) is 23.1 Å². The standard InChI is InChI=1S/C24H27N7O2/c1-3-18(4-2-16(1)30-24-23-19(5-6-26-23)28-15-29-24)33-21-14-17(31-9-11-32-12-10-31)13-20-22(21)27-8-7-25-20/h5-8,13-16,18,26H,1-4,9-12H2,(H,28,29,30). The molecule has 6 rings (SSSR count). The summed E-state index contributed by atoms with van der Waals surface area (Å²) in [7, 11) is 0. The molecule has 1 aliphatic carbocycles. The number of anilines is 2. The molecule has 1 aromatic carbocycles. The predicted octanol–water partition coefficient (Wildman–Crippen LogP) is 3.54. The van der Waals surface area contributed by atoms with Crippen LogP contribution in [0.25, 0.3) is 22.1 Å². The summed E-state index contributed by atoms with van der Waals surface area (Å²) in [6.45, 7) is 3.23. The van der Waals surface area contributed by atoms with Gasteiger partial charge in [0.2, 0.25) is 0 Å². The number of morpholine rings is 1. The highest BCUT2D eigenvalue weighted by Crippen LogP contribution is 2.33. The van der Waals surface area contributed by atoms with Gasteiger partial charge in [-0.3, -0.25) is 4.98 Å². The topological polar surface area (TPSA) is 101 Å². The predicted molar refractivity (Wildman–Crippen MR) is 127 cm³/mol. The highest BCUT2D eigenvalue weighted by Gasteiger charge is 2.25. The smallest absolute Gasteiger partial charge is 0.154 e. The van der Waals surface area contributed by atoms with Crippen molar-refractivity contribution in [3.8, 4) is 5.75 Å². The summed E-state index contributed by atoms with van der Waals surface area (Å²) in [6.07, 6.45) is 11.1. The number of H-pyrrole nitrogens is 1. The zero-order valence-corrected chi connectivity index (χ0v) is 18.4. The minimum atomic E-state index is 0.157. The van der Waals surface area contributed by atoms with Gasteiger partial charge in [-0.15, -0.1) is 0 Å². The van der Waals surface area contributed by atoms with Crippen LogP contribution in [0.4, 0.5) is 11.5 Å². The normalized spacial score (nSPS) is 21.4. The molecule has 0 amide bonds. The van der Waals surface area contributed by atoms with Gasteiger partial charge in [0.25, 0.3) is 0 Å². The molecule has 33 heavy (non-hydrogen) atoms. The fourth-order valence-electron chi connectivity index (χ4n) is 4.80. The van der Waals surface area contributed by atoms with Gasteiger partial charge in [-0.05, 0) is 37.8 Å². The molecule has 4 heterocycles. The van der Waals surface area contributed by atoms with Crippen molar-refractivity contribution in [3.63, 3.8) is 0 Å². The second kappa shape index (κ2) is 8.82. The van der Waals surface area contributed by atoms with E-state index in [4.69, 9.17) is 9.47 Å². The molecular formula is C24H27N7O2. The molecular weight excluding hydrogens is 418 g/mol. The monoisotopic (exact) mass is 445 g/mol. The Hall–Kier alpha value is -3.46. The van der Waals surface area contributed by atoms with Crippen LogP contribution >= 0.6 is 0 Å². The lowest BCUT2D eigenvalue weighted by Crippen LogP contribution is -2.36. The zero-order valence-electron chi connectivity index (χ0n) is 18.4. The summed E-state index contributed by atoms with van der Waals surface area (Å²) in [5.41, 5.74) is 4.70. The Bertz CT molecular complexity index is 1250. The quantitative estimate of drug-likeness (QED) is 0.481. The average Bonchev–Trinajstić information content (AvgIpc) is 3.36. The van der Waals surface area contributed by atoms with Gasteiger partial charge in [0.05, 0.1) is 30.4 Å². The molecule has 9 heteroatoms. The maximum Gasteiger partial charge on any atom is 0.154 e. The molecule has 170 valence electrons. The Kier molecular flexibility index (Phi) is 5.39. The van der Waals surface area contributed by atoms with E-state index in [0.29, 0.717) is 6.04 Å². The van der Waals surface area contributed by atoms with E-state index in [2.05, 4.69) is 47.3 Å². The summed E-state index contributed by atoms with van der Waals surface area (Å²) in [5, 5.41) is 3.60. The van der Waals surface area contributed by atoms with Crippen LogP contribution in [0.2, 0.25) is 0 Å². The molecule has 0 atom stereocenters. The van der Waals surface area contributed by atoms with Crippen LogP contribution in [0.15, 0.2) is 43.1 Å². The van der Waals surface area contributed by atoms with Crippen LogP contribution in [0.5, 0.6) is 5.75 Å². The Balaban J connectivity index is 1.16. The molecule has 2 N–H and O–H groups in total. The Morgan fingerprint density at radius 2 is 1.82 bits per heavy atom. The summed E-state index contributed by atoms with van der Waals surface area (Å²) >= 11 is 0. The molecule has 0 radical (unpaired) electrons. The summed E-state index contributed by atoms with van der Waals surface area (Å²) < 4.78 is 12.1. The first kappa shape index (κ1) is 20.2. The highest BCUT2D eigenvalue weighted by molar-refractivity contribution is 5.86. The van der Waals surface area contributed by atoms with Crippen molar-refractivity contribution in [1.82, 2.24) is 24.9 Å². The van der Waals surface area contributed by atoms with Crippen molar-refractivity contribution >= 4 is 33.6 Å². The minimum Gasteiger partial charge on any atom is -0.488 e. The first-order valence-corrected chi connectivity index (χ1v) is 11.6. The van der Waals surface area contributed by atoms with E-state index < -0.39 is 0 Å². The molecule has 1 saturated heterocycles. The molecule has 0 spiro atoms. The molecule has 1 saturated carbocycles. The highest BCUT2D eigenvalue weighted by atomic mass is 16.5. The number of ether oxygens (including phenoxy) is 2. The minimum absolute atomic E-state index is 0.157. The number of nitrogens with one attached hydrogen (secondary N) is 2. The lowest BCUT2D eigenvalue weighted by Gasteiger charge is -2.31. The van der Waals surface area contributed by atoms with E-state index in [1.807, 2.05) is 12.3 Å². The summed E-state index contributed by atoms with van der Waals surface area (Å²) in [4.78, 5) is 23.4. The largest absolute Gasteiger partial charge is 0.488 e. The summed E-state index contributed by atoms with van der Waals surface area (Å²) in [6, 6.07) is 6.55. The van der Waals surface area contributed by atoms with Gasteiger partial charge in [0.15, 0.2) is 5.82 Å². The Morgan fingerprint density at radius 3 is 2.70 bits per heavy atom. The van der Waals surface area contributed by atoms with E-state index in [1.54, 1.807) is 18.7 Å². The second-order valence-electron chi connectivity index (χ2n) is 8.66. The van der Waals surface area contributed by atoms with Crippen LogP contribution in [-0.4, -0.2) is 63.4 Å². The third-order valence-corrected chi connectivity index (χ3v) is 6.55. The van der Waals surface area contributed by atoms with Crippen molar-refractivity contribution in [2.45, 2.75) is 37.8 Å². The Labute approximate surface area is 191 Å². The van der Waals surface area contributed by atoms with E-state index in [0.717, 1.165) is 91.3 Å². The molecule has 0 unspecified atom stereocenters. The van der Waals surface area contributed by atoms with Crippen LogP contribution in [0, 0.1) is 0 Å². The van der Waals surface area contributed by atoms with Gasteiger partial charge in [-0.1, -0.05) is 0 Å². The van der Waals surface area contributed by atoms with Crippen LogP contribution in [0.1, 0.15) is 25.7 Å². The second-order valence-corrected chi connectivity index (χ2v) is 8.66. The van der Waals surface area contributed by atoms with Crippen LogP contribution < -0.4 is 15.0 Å². The molecule has 4 aromatic rings. The maximum atomic E-state index is 6.54. The van der Waals surface area contributed by atoms with E-state index in [-0.39, 0.29) is 6.10 Å². The number of aromatic nitrogens is 5.